The van der Waals surface area contributed by atoms with Crippen molar-refractivity contribution in [2.24, 2.45) is 0 Å². The molecule has 3 rings (SSSR count). The summed E-state index contributed by atoms with van der Waals surface area (Å²) in [6.07, 6.45) is -4.86. The third-order valence-electron chi connectivity index (χ3n) is 4.31. The van der Waals surface area contributed by atoms with Crippen LogP contribution in [-0.4, -0.2) is 32.4 Å². The molecule has 3 aromatic rings. The Morgan fingerprint density at radius 3 is 2.64 bits per heavy atom. The molecule has 0 amide bonds. The minimum absolute atomic E-state index is 0.0105. The number of esters is 1. The number of fused-ring (bicyclic) bond motifs is 3. The van der Waals surface area contributed by atoms with Crippen LogP contribution in [0.5, 0.6) is 0 Å². The fourth-order valence-electron chi connectivity index (χ4n) is 2.97. The number of aromatic amines is 1. The van der Waals surface area contributed by atoms with Crippen LogP contribution in [0.25, 0.3) is 16.7 Å². The maximum absolute atomic E-state index is 13.2. The molecule has 0 bridgehead atoms. The Kier molecular flexibility index (Phi) is 4.57. The number of ether oxygens (including phenoxy) is 1. The maximum Gasteiger partial charge on any atom is 0.423 e. The molecule has 0 spiro atoms. The fraction of sp³-hybridized carbons (Fsp3) is 0.312. The average molecular weight is 398 g/mol. The summed E-state index contributed by atoms with van der Waals surface area (Å²) in [5.74, 6) is -0.499. The minimum atomic E-state index is -4.97. The van der Waals surface area contributed by atoms with Gasteiger partial charge in [0.05, 0.1) is 35.2 Å². The zero-order chi connectivity index (χ0) is 20.8. The number of nitrogens with one attached hydrogen (secondary N) is 1. The molecule has 2 heterocycles. The van der Waals surface area contributed by atoms with Gasteiger partial charge in [-0.15, -0.1) is 0 Å². The number of benzene rings is 1. The lowest BCUT2D eigenvalue weighted by Gasteiger charge is -2.10. The summed E-state index contributed by atoms with van der Waals surface area (Å²) < 4.78 is 45.3. The lowest BCUT2D eigenvalue weighted by molar-refractivity contribution is -0.387. The molecular weight excluding hydrogens is 385 g/mol. The summed E-state index contributed by atoms with van der Waals surface area (Å²) in [7, 11) is 1.22. The van der Waals surface area contributed by atoms with E-state index in [9.17, 15) is 32.9 Å². The van der Waals surface area contributed by atoms with Crippen LogP contribution in [0.3, 0.4) is 0 Å². The van der Waals surface area contributed by atoms with E-state index in [-0.39, 0.29) is 29.5 Å². The Hall–Kier alpha value is -3.44. The standard InChI is InChI=1S/C16H13F3N4O5/c1-7-9(3-4-13(24)28-2)20-14-15(25)21-10-5-8(16(17,18)19)11(23(26)27)6-12(10)22(7)14/h5-6H,3-4H2,1-2H3,(H,21,25). The number of H-pyrrole nitrogens is 1. The summed E-state index contributed by atoms with van der Waals surface area (Å²) in [4.78, 5) is 40.1. The Bertz CT molecular complexity index is 1180. The lowest BCUT2D eigenvalue weighted by atomic mass is 10.1. The van der Waals surface area contributed by atoms with Gasteiger partial charge in [-0.3, -0.25) is 24.1 Å². The van der Waals surface area contributed by atoms with E-state index in [0.29, 0.717) is 17.5 Å². The maximum atomic E-state index is 13.2. The number of alkyl halides is 3. The molecule has 0 aliphatic carbocycles. The molecule has 0 radical (unpaired) electrons. The largest absolute Gasteiger partial charge is 0.469 e. The Morgan fingerprint density at radius 1 is 1.39 bits per heavy atom. The van der Waals surface area contributed by atoms with Crippen molar-refractivity contribution in [2.45, 2.75) is 25.9 Å². The Morgan fingerprint density at radius 2 is 2.07 bits per heavy atom. The monoisotopic (exact) mass is 398 g/mol. The topological polar surface area (TPSA) is 120 Å². The molecule has 148 valence electrons. The minimum Gasteiger partial charge on any atom is -0.469 e. The van der Waals surface area contributed by atoms with Crippen molar-refractivity contribution in [3.63, 3.8) is 0 Å². The van der Waals surface area contributed by atoms with Gasteiger partial charge >= 0.3 is 12.1 Å². The van der Waals surface area contributed by atoms with Crippen molar-refractivity contribution in [1.29, 1.82) is 0 Å². The van der Waals surface area contributed by atoms with E-state index in [2.05, 4.69) is 14.7 Å². The number of halogens is 3. The van der Waals surface area contributed by atoms with E-state index in [1.165, 1.54) is 11.5 Å². The summed E-state index contributed by atoms with van der Waals surface area (Å²) in [5.41, 5.74) is -3.02. The second kappa shape index (κ2) is 6.62. The fourth-order valence-corrected chi connectivity index (χ4v) is 2.97. The van der Waals surface area contributed by atoms with Gasteiger partial charge < -0.3 is 9.72 Å². The summed E-state index contributed by atoms with van der Waals surface area (Å²) in [5, 5.41) is 11.2. The molecule has 0 saturated carbocycles. The van der Waals surface area contributed by atoms with Gasteiger partial charge in [0.25, 0.3) is 11.2 Å². The van der Waals surface area contributed by atoms with Gasteiger partial charge in [-0.25, -0.2) is 4.98 Å². The molecule has 0 saturated heterocycles. The quantitative estimate of drug-likeness (QED) is 0.410. The first-order valence-electron chi connectivity index (χ1n) is 7.91. The highest BCUT2D eigenvalue weighted by Gasteiger charge is 2.39. The van der Waals surface area contributed by atoms with Crippen LogP contribution in [0.4, 0.5) is 18.9 Å². The normalized spacial score (nSPS) is 11.9. The zero-order valence-corrected chi connectivity index (χ0v) is 14.6. The number of hydrogen-bond acceptors (Lipinski definition) is 6. The molecule has 2 aromatic heterocycles. The highest BCUT2D eigenvalue weighted by molar-refractivity contribution is 5.82. The predicted octanol–water partition coefficient (Wildman–Crippen LogP) is 2.52. The van der Waals surface area contributed by atoms with E-state index in [0.717, 1.165) is 6.07 Å². The molecule has 28 heavy (non-hydrogen) atoms. The number of imidazole rings is 1. The first-order valence-corrected chi connectivity index (χ1v) is 7.91. The van der Waals surface area contributed by atoms with Gasteiger partial charge in [-0.2, -0.15) is 13.2 Å². The average Bonchev–Trinajstić information content (AvgIpc) is 2.95. The van der Waals surface area contributed by atoms with Gasteiger partial charge in [-0.05, 0) is 13.0 Å². The SMILES string of the molecule is COC(=O)CCc1nc2c(=O)[nH]c3cc(C(F)(F)F)c([N+](=O)[O-])cc3n2c1C. The van der Waals surface area contributed by atoms with Crippen molar-refractivity contribution in [3.8, 4) is 0 Å². The molecular formula is C16H13F3N4O5. The van der Waals surface area contributed by atoms with Crippen LogP contribution < -0.4 is 5.56 Å². The second-order valence-electron chi connectivity index (χ2n) is 5.97. The Balaban J connectivity index is 2.32. The number of aryl methyl sites for hydroxylation is 2. The molecule has 0 fully saturated rings. The van der Waals surface area contributed by atoms with Crippen LogP contribution in [0.2, 0.25) is 0 Å². The van der Waals surface area contributed by atoms with E-state index >= 15 is 0 Å². The number of rotatable bonds is 4. The molecule has 0 atom stereocenters. The van der Waals surface area contributed by atoms with Crippen LogP contribution >= 0.6 is 0 Å². The number of nitrogens with zero attached hydrogens (tertiary/aromatic N) is 3. The van der Waals surface area contributed by atoms with Crippen LogP contribution in [0, 0.1) is 17.0 Å². The number of methoxy groups -OCH3 is 1. The first-order chi connectivity index (χ1) is 13.0. The summed E-state index contributed by atoms with van der Waals surface area (Å²) in [6, 6.07) is 1.28. The second-order valence-corrected chi connectivity index (χ2v) is 5.97. The number of aromatic nitrogens is 3. The first kappa shape index (κ1) is 19.3. The van der Waals surface area contributed by atoms with Gasteiger partial charge in [0.1, 0.15) is 5.56 Å². The van der Waals surface area contributed by atoms with Crippen LogP contribution in [0.15, 0.2) is 16.9 Å². The highest BCUT2D eigenvalue weighted by atomic mass is 19.4. The third kappa shape index (κ3) is 3.17. The van der Waals surface area contributed by atoms with Crippen molar-refractivity contribution in [2.75, 3.05) is 7.11 Å². The van der Waals surface area contributed by atoms with Gasteiger partial charge in [0.2, 0.25) is 5.65 Å². The van der Waals surface area contributed by atoms with Gasteiger partial charge in [-0.1, -0.05) is 0 Å². The zero-order valence-electron chi connectivity index (χ0n) is 14.6. The molecule has 0 unspecified atom stereocenters. The summed E-state index contributed by atoms with van der Waals surface area (Å²) >= 11 is 0. The van der Waals surface area contributed by atoms with E-state index in [1.807, 2.05) is 0 Å². The lowest BCUT2D eigenvalue weighted by Crippen LogP contribution is -2.14. The highest BCUT2D eigenvalue weighted by Crippen LogP contribution is 2.38. The van der Waals surface area contributed by atoms with Crippen LogP contribution in [-0.2, 0) is 22.1 Å². The van der Waals surface area contributed by atoms with Crippen molar-refractivity contribution >= 4 is 28.3 Å². The van der Waals surface area contributed by atoms with E-state index in [4.69, 9.17) is 0 Å². The molecule has 1 N–H and O–H groups in total. The number of carbonyl (C=O) groups is 1. The third-order valence-corrected chi connectivity index (χ3v) is 4.31. The number of nitro groups is 1. The molecule has 0 aliphatic rings. The molecule has 0 aliphatic heterocycles. The van der Waals surface area contributed by atoms with Crippen molar-refractivity contribution < 1.29 is 27.6 Å². The smallest absolute Gasteiger partial charge is 0.423 e. The van der Waals surface area contributed by atoms with Crippen molar-refractivity contribution in [1.82, 2.24) is 14.4 Å². The number of nitro benzene ring substituents is 1. The molecule has 12 heteroatoms. The van der Waals surface area contributed by atoms with Crippen LogP contribution in [0.1, 0.15) is 23.4 Å². The van der Waals surface area contributed by atoms with E-state index in [1.54, 1.807) is 6.92 Å². The predicted molar refractivity (Wildman–Crippen MR) is 90.0 cm³/mol. The summed E-state index contributed by atoms with van der Waals surface area (Å²) in [6.45, 7) is 1.55. The number of hydrogen-bond donors (Lipinski definition) is 1. The van der Waals surface area contributed by atoms with Gasteiger partial charge in [0.15, 0.2) is 0 Å². The Labute approximate surface area is 153 Å². The van der Waals surface area contributed by atoms with Crippen molar-refractivity contribution in [3.05, 3.63) is 49.6 Å². The van der Waals surface area contributed by atoms with E-state index < -0.39 is 33.9 Å². The van der Waals surface area contributed by atoms with Gasteiger partial charge in [0, 0.05) is 18.2 Å². The molecule has 9 nitrogen and oxygen atoms in total. The molecule has 1 aromatic carbocycles. The number of carbonyl (C=O) groups excluding carboxylic acids is 1.